The molecule has 19 heavy (non-hydrogen) atoms. The minimum atomic E-state index is 0.459. The summed E-state index contributed by atoms with van der Waals surface area (Å²) in [5.74, 6) is 1.29. The quantitative estimate of drug-likeness (QED) is 0.880. The number of nitrogens with two attached hydrogens (primary N) is 1. The molecule has 1 aliphatic carbocycles. The molecule has 0 heterocycles. The van der Waals surface area contributed by atoms with E-state index >= 15 is 0 Å². The smallest absolute Gasteiger partial charge is 0.0118 e. The van der Waals surface area contributed by atoms with Crippen molar-refractivity contribution in [1.29, 1.82) is 0 Å². The topological polar surface area (TPSA) is 29.3 Å². The van der Waals surface area contributed by atoms with Crippen molar-refractivity contribution in [2.75, 3.05) is 20.1 Å². The molecule has 3 atom stereocenters. The highest BCUT2D eigenvalue weighted by Crippen LogP contribution is 2.28. The van der Waals surface area contributed by atoms with E-state index in [2.05, 4.69) is 49.2 Å². The third kappa shape index (κ3) is 3.80. The van der Waals surface area contributed by atoms with Crippen LogP contribution in [0.2, 0.25) is 0 Å². The van der Waals surface area contributed by atoms with Crippen LogP contribution in [0.1, 0.15) is 44.1 Å². The van der Waals surface area contributed by atoms with Gasteiger partial charge in [0, 0.05) is 25.0 Å². The van der Waals surface area contributed by atoms with Gasteiger partial charge in [-0.2, -0.15) is 0 Å². The zero-order chi connectivity index (χ0) is 13.7. The lowest BCUT2D eigenvalue weighted by Gasteiger charge is -2.38. The van der Waals surface area contributed by atoms with Crippen LogP contribution >= 0.6 is 0 Å². The Bertz CT molecular complexity index is 363. The van der Waals surface area contributed by atoms with Crippen LogP contribution in [0.5, 0.6) is 0 Å². The Balaban J connectivity index is 1.98. The van der Waals surface area contributed by atoms with Crippen molar-refractivity contribution in [3.05, 3.63) is 35.9 Å². The molecule has 2 rings (SSSR count). The first-order valence-electron chi connectivity index (χ1n) is 7.67. The van der Waals surface area contributed by atoms with Crippen molar-refractivity contribution in [2.45, 2.75) is 44.6 Å². The van der Waals surface area contributed by atoms with Crippen molar-refractivity contribution in [3.63, 3.8) is 0 Å². The molecule has 106 valence electrons. The first kappa shape index (κ1) is 14.5. The standard InChI is InChI=1S/C17H28N2/c1-14-8-6-7-11-17(14)19(2)13-16(12-18)15-9-4-3-5-10-15/h3-5,9-10,14,16-17H,6-8,11-13,18H2,1-2H3. The van der Waals surface area contributed by atoms with E-state index in [1.165, 1.54) is 31.2 Å². The number of hydrogen-bond donors (Lipinski definition) is 1. The van der Waals surface area contributed by atoms with Gasteiger partial charge in [0.1, 0.15) is 0 Å². The lowest BCUT2D eigenvalue weighted by atomic mass is 9.84. The van der Waals surface area contributed by atoms with E-state index in [1.54, 1.807) is 0 Å². The zero-order valence-corrected chi connectivity index (χ0v) is 12.4. The van der Waals surface area contributed by atoms with Gasteiger partial charge in [-0.3, -0.25) is 0 Å². The van der Waals surface area contributed by atoms with Crippen molar-refractivity contribution in [1.82, 2.24) is 4.90 Å². The molecule has 0 radical (unpaired) electrons. The molecule has 0 amide bonds. The summed E-state index contributed by atoms with van der Waals surface area (Å²) in [6.07, 6.45) is 5.53. The Morgan fingerprint density at radius 2 is 1.89 bits per heavy atom. The molecule has 2 N–H and O–H groups in total. The Morgan fingerprint density at radius 1 is 1.21 bits per heavy atom. The Labute approximate surface area is 118 Å². The monoisotopic (exact) mass is 260 g/mol. The highest BCUT2D eigenvalue weighted by atomic mass is 15.1. The fraction of sp³-hybridized carbons (Fsp3) is 0.647. The molecule has 1 fully saturated rings. The van der Waals surface area contributed by atoms with E-state index < -0.39 is 0 Å². The van der Waals surface area contributed by atoms with E-state index in [0.717, 1.165) is 25.0 Å². The minimum absolute atomic E-state index is 0.459. The summed E-state index contributed by atoms with van der Waals surface area (Å²) in [6, 6.07) is 11.4. The van der Waals surface area contributed by atoms with Gasteiger partial charge in [0.2, 0.25) is 0 Å². The summed E-state index contributed by atoms with van der Waals surface area (Å²) in [5, 5.41) is 0. The summed E-state index contributed by atoms with van der Waals surface area (Å²) in [7, 11) is 2.28. The molecular formula is C17H28N2. The van der Waals surface area contributed by atoms with Crippen LogP contribution in [0.25, 0.3) is 0 Å². The number of rotatable bonds is 5. The Morgan fingerprint density at radius 3 is 2.53 bits per heavy atom. The first-order chi connectivity index (χ1) is 9.22. The third-order valence-electron chi connectivity index (χ3n) is 4.70. The number of hydrogen-bond acceptors (Lipinski definition) is 2. The van der Waals surface area contributed by atoms with Gasteiger partial charge in [-0.1, -0.05) is 50.1 Å². The van der Waals surface area contributed by atoms with E-state index in [9.17, 15) is 0 Å². The van der Waals surface area contributed by atoms with Gasteiger partial charge in [-0.25, -0.2) is 0 Å². The molecule has 2 nitrogen and oxygen atoms in total. The van der Waals surface area contributed by atoms with Crippen LogP contribution in [0.3, 0.4) is 0 Å². The number of nitrogens with zero attached hydrogens (tertiary/aromatic N) is 1. The second-order valence-electron chi connectivity index (χ2n) is 6.11. The van der Waals surface area contributed by atoms with E-state index in [1.807, 2.05) is 0 Å². The Kier molecular flexibility index (Phi) is 5.41. The predicted octanol–water partition coefficient (Wildman–Crippen LogP) is 3.24. The van der Waals surface area contributed by atoms with Crippen LogP contribution in [0, 0.1) is 5.92 Å². The van der Waals surface area contributed by atoms with E-state index in [4.69, 9.17) is 5.73 Å². The predicted molar refractivity (Wildman–Crippen MR) is 82.3 cm³/mol. The van der Waals surface area contributed by atoms with Crippen LogP contribution in [0.4, 0.5) is 0 Å². The molecule has 1 saturated carbocycles. The normalized spacial score (nSPS) is 25.5. The average Bonchev–Trinajstić information content (AvgIpc) is 2.46. The fourth-order valence-corrected chi connectivity index (χ4v) is 3.48. The van der Waals surface area contributed by atoms with Gasteiger partial charge in [0.05, 0.1) is 0 Å². The van der Waals surface area contributed by atoms with Crippen LogP contribution in [0.15, 0.2) is 30.3 Å². The maximum Gasteiger partial charge on any atom is 0.0118 e. The van der Waals surface area contributed by atoms with Crippen molar-refractivity contribution < 1.29 is 0 Å². The van der Waals surface area contributed by atoms with Gasteiger partial charge in [-0.05, 0) is 31.4 Å². The molecule has 0 bridgehead atoms. The molecular weight excluding hydrogens is 232 g/mol. The molecule has 3 unspecified atom stereocenters. The second-order valence-corrected chi connectivity index (χ2v) is 6.11. The number of benzene rings is 1. The van der Waals surface area contributed by atoms with Gasteiger partial charge >= 0.3 is 0 Å². The van der Waals surface area contributed by atoms with Gasteiger partial charge in [0.15, 0.2) is 0 Å². The van der Waals surface area contributed by atoms with Gasteiger partial charge < -0.3 is 10.6 Å². The highest BCUT2D eigenvalue weighted by molar-refractivity contribution is 5.20. The summed E-state index contributed by atoms with van der Waals surface area (Å²) in [4.78, 5) is 2.55. The first-order valence-corrected chi connectivity index (χ1v) is 7.67. The van der Waals surface area contributed by atoms with Gasteiger partial charge in [0.25, 0.3) is 0 Å². The summed E-state index contributed by atoms with van der Waals surface area (Å²) in [6.45, 7) is 4.21. The van der Waals surface area contributed by atoms with Crippen LogP contribution in [-0.2, 0) is 0 Å². The summed E-state index contributed by atoms with van der Waals surface area (Å²) >= 11 is 0. The summed E-state index contributed by atoms with van der Waals surface area (Å²) in [5.41, 5.74) is 7.37. The third-order valence-corrected chi connectivity index (χ3v) is 4.70. The zero-order valence-electron chi connectivity index (χ0n) is 12.4. The average molecular weight is 260 g/mol. The fourth-order valence-electron chi connectivity index (χ4n) is 3.48. The molecule has 0 aromatic heterocycles. The lowest BCUT2D eigenvalue weighted by molar-refractivity contribution is 0.133. The van der Waals surface area contributed by atoms with Crippen LogP contribution in [-0.4, -0.2) is 31.1 Å². The molecule has 0 aliphatic heterocycles. The second kappa shape index (κ2) is 7.06. The largest absolute Gasteiger partial charge is 0.330 e. The van der Waals surface area contributed by atoms with Crippen LogP contribution < -0.4 is 5.73 Å². The Hall–Kier alpha value is -0.860. The number of likely N-dealkylation sites (N-methyl/N-ethyl adjacent to an activating group) is 1. The van der Waals surface area contributed by atoms with Crippen molar-refractivity contribution >= 4 is 0 Å². The SMILES string of the molecule is CC1CCCCC1N(C)CC(CN)c1ccccc1. The molecule has 1 aliphatic rings. The summed E-state index contributed by atoms with van der Waals surface area (Å²) < 4.78 is 0. The molecule has 0 spiro atoms. The van der Waals surface area contributed by atoms with Gasteiger partial charge in [-0.15, -0.1) is 0 Å². The lowest BCUT2D eigenvalue weighted by Crippen LogP contribution is -2.42. The molecule has 2 heteroatoms. The molecule has 0 saturated heterocycles. The molecule has 1 aromatic rings. The van der Waals surface area contributed by atoms with E-state index in [-0.39, 0.29) is 0 Å². The van der Waals surface area contributed by atoms with E-state index in [0.29, 0.717) is 5.92 Å². The maximum absolute atomic E-state index is 5.99. The van der Waals surface area contributed by atoms with Crippen molar-refractivity contribution in [3.8, 4) is 0 Å². The highest BCUT2D eigenvalue weighted by Gasteiger charge is 2.26. The maximum atomic E-state index is 5.99. The minimum Gasteiger partial charge on any atom is -0.330 e. The van der Waals surface area contributed by atoms with Crippen molar-refractivity contribution in [2.24, 2.45) is 11.7 Å². The molecule has 1 aromatic carbocycles.